The molecule has 0 aliphatic carbocycles. The highest BCUT2D eigenvalue weighted by atomic mass is 19.1. The SMILES string of the molecule is CC.CC(F)C1=Nc2ccccc2C1. The third-order valence-electron chi connectivity index (χ3n) is 2.09. The number of para-hydroxylation sites is 1. The van der Waals surface area contributed by atoms with Gasteiger partial charge in [-0.05, 0) is 18.6 Å². The van der Waals surface area contributed by atoms with Gasteiger partial charge in [-0.3, -0.25) is 4.99 Å². The fourth-order valence-corrected chi connectivity index (χ4v) is 1.39. The van der Waals surface area contributed by atoms with Crippen LogP contribution in [0.25, 0.3) is 0 Å². The molecule has 1 nitrogen and oxygen atoms in total. The average Bonchev–Trinajstić information content (AvgIpc) is 2.64. The van der Waals surface area contributed by atoms with Crippen LogP contribution in [-0.2, 0) is 6.42 Å². The third kappa shape index (κ3) is 2.19. The van der Waals surface area contributed by atoms with E-state index in [1.165, 1.54) is 6.92 Å². The standard InChI is InChI=1S/C10H10FN.C2H6/c1-7(11)10-6-8-4-2-3-5-9(8)12-10;1-2/h2-5,7H,6H2,1H3;1-2H3. The summed E-state index contributed by atoms with van der Waals surface area (Å²) in [4.78, 5) is 4.19. The van der Waals surface area contributed by atoms with E-state index >= 15 is 0 Å². The number of rotatable bonds is 1. The first kappa shape index (κ1) is 10.9. The van der Waals surface area contributed by atoms with Gasteiger partial charge in [0.05, 0.1) is 11.4 Å². The number of benzene rings is 1. The number of aliphatic imine (C=N–C) groups is 1. The second-order valence-corrected chi connectivity index (χ2v) is 3.02. The zero-order valence-electron chi connectivity index (χ0n) is 8.92. The molecule has 0 spiro atoms. The lowest BCUT2D eigenvalue weighted by molar-refractivity contribution is 0.452. The van der Waals surface area contributed by atoms with Gasteiger partial charge in [-0.25, -0.2) is 4.39 Å². The van der Waals surface area contributed by atoms with Crippen LogP contribution in [0.2, 0.25) is 0 Å². The molecule has 0 saturated carbocycles. The average molecular weight is 193 g/mol. The molecule has 0 aromatic heterocycles. The number of halogens is 1. The molecule has 1 aromatic rings. The number of nitrogens with zero attached hydrogens (tertiary/aromatic N) is 1. The highest BCUT2D eigenvalue weighted by Crippen LogP contribution is 2.27. The largest absolute Gasteiger partial charge is 0.254 e. The van der Waals surface area contributed by atoms with Crippen molar-refractivity contribution in [3.8, 4) is 0 Å². The Kier molecular flexibility index (Phi) is 3.81. The van der Waals surface area contributed by atoms with Gasteiger partial charge in [-0.2, -0.15) is 0 Å². The van der Waals surface area contributed by atoms with Crippen LogP contribution in [0.5, 0.6) is 0 Å². The zero-order chi connectivity index (χ0) is 10.6. The van der Waals surface area contributed by atoms with Crippen LogP contribution in [0.4, 0.5) is 10.1 Å². The fraction of sp³-hybridized carbons (Fsp3) is 0.417. The Labute approximate surface area is 84.7 Å². The second-order valence-electron chi connectivity index (χ2n) is 3.02. The zero-order valence-corrected chi connectivity index (χ0v) is 8.92. The predicted molar refractivity (Wildman–Crippen MR) is 59.2 cm³/mol. The minimum absolute atomic E-state index is 0.649. The summed E-state index contributed by atoms with van der Waals surface area (Å²) in [6, 6.07) is 7.80. The normalized spacial score (nSPS) is 15.0. The number of fused-ring (bicyclic) bond motifs is 1. The smallest absolute Gasteiger partial charge is 0.136 e. The van der Waals surface area contributed by atoms with E-state index < -0.39 is 6.17 Å². The molecule has 0 N–H and O–H groups in total. The Morgan fingerprint density at radius 2 is 1.93 bits per heavy atom. The Morgan fingerprint density at radius 3 is 2.50 bits per heavy atom. The van der Waals surface area contributed by atoms with E-state index in [1.807, 2.05) is 38.1 Å². The number of hydrogen-bond acceptors (Lipinski definition) is 1. The van der Waals surface area contributed by atoms with Crippen molar-refractivity contribution in [3.05, 3.63) is 29.8 Å². The molecule has 76 valence electrons. The van der Waals surface area contributed by atoms with Crippen LogP contribution < -0.4 is 0 Å². The van der Waals surface area contributed by atoms with Crippen molar-refractivity contribution in [1.82, 2.24) is 0 Å². The topological polar surface area (TPSA) is 12.4 Å². The maximum Gasteiger partial charge on any atom is 0.136 e. The molecule has 1 atom stereocenters. The lowest BCUT2D eigenvalue weighted by Gasteiger charge is -1.97. The van der Waals surface area contributed by atoms with Crippen molar-refractivity contribution in [2.75, 3.05) is 0 Å². The van der Waals surface area contributed by atoms with Crippen molar-refractivity contribution in [3.63, 3.8) is 0 Å². The molecule has 1 aliphatic rings. The molecule has 1 aromatic carbocycles. The van der Waals surface area contributed by atoms with E-state index in [9.17, 15) is 4.39 Å². The fourth-order valence-electron chi connectivity index (χ4n) is 1.39. The Morgan fingerprint density at radius 1 is 1.29 bits per heavy atom. The van der Waals surface area contributed by atoms with Crippen LogP contribution in [0.15, 0.2) is 29.3 Å². The third-order valence-corrected chi connectivity index (χ3v) is 2.09. The summed E-state index contributed by atoms with van der Waals surface area (Å²) in [5.41, 5.74) is 2.71. The molecule has 1 unspecified atom stereocenters. The summed E-state index contributed by atoms with van der Waals surface area (Å²) in [6.45, 7) is 5.53. The molecule has 0 fully saturated rings. The highest BCUT2D eigenvalue weighted by molar-refractivity contribution is 5.96. The van der Waals surface area contributed by atoms with Gasteiger partial charge in [0.1, 0.15) is 6.17 Å². The van der Waals surface area contributed by atoms with E-state index in [0.717, 1.165) is 11.3 Å². The molecule has 2 heteroatoms. The van der Waals surface area contributed by atoms with Gasteiger partial charge in [0.25, 0.3) is 0 Å². The predicted octanol–water partition coefficient (Wildman–Crippen LogP) is 3.70. The van der Waals surface area contributed by atoms with Gasteiger partial charge in [0.15, 0.2) is 0 Å². The highest BCUT2D eigenvalue weighted by Gasteiger charge is 2.17. The summed E-state index contributed by atoms with van der Waals surface area (Å²) in [5, 5.41) is 0. The molecular formula is C12H16FN. The summed E-state index contributed by atoms with van der Waals surface area (Å²) in [7, 11) is 0. The van der Waals surface area contributed by atoms with Gasteiger partial charge >= 0.3 is 0 Å². The molecule has 2 rings (SSSR count). The van der Waals surface area contributed by atoms with E-state index in [1.54, 1.807) is 0 Å². The van der Waals surface area contributed by atoms with Gasteiger partial charge in [-0.15, -0.1) is 0 Å². The first-order valence-corrected chi connectivity index (χ1v) is 5.07. The van der Waals surface area contributed by atoms with Crippen molar-refractivity contribution < 1.29 is 4.39 Å². The van der Waals surface area contributed by atoms with Crippen molar-refractivity contribution >= 4 is 11.4 Å². The van der Waals surface area contributed by atoms with Crippen LogP contribution in [0.3, 0.4) is 0 Å². The van der Waals surface area contributed by atoms with Crippen LogP contribution in [0.1, 0.15) is 26.3 Å². The Balaban J connectivity index is 0.000000461. The number of alkyl halides is 1. The maximum atomic E-state index is 12.8. The van der Waals surface area contributed by atoms with Crippen molar-refractivity contribution in [2.24, 2.45) is 4.99 Å². The quantitative estimate of drug-likeness (QED) is 0.645. The lowest BCUT2D eigenvalue weighted by atomic mass is 10.1. The Hall–Kier alpha value is -1.18. The minimum Gasteiger partial charge on any atom is -0.254 e. The maximum absolute atomic E-state index is 12.8. The molecular weight excluding hydrogens is 177 g/mol. The van der Waals surface area contributed by atoms with Gasteiger partial charge in [-0.1, -0.05) is 32.0 Å². The molecule has 0 amide bonds. The second kappa shape index (κ2) is 4.89. The van der Waals surface area contributed by atoms with E-state index in [4.69, 9.17) is 0 Å². The number of hydrogen-bond donors (Lipinski definition) is 0. The summed E-state index contributed by atoms with van der Waals surface area (Å²) in [6.07, 6.45) is -0.245. The van der Waals surface area contributed by atoms with Gasteiger partial charge in [0, 0.05) is 6.42 Å². The summed E-state index contributed by atoms with van der Waals surface area (Å²) in [5.74, 6) is 0. The summed E-state index contributed by atoms with van der Waals surface area (Å²) < 4.78 is 12.8. The lowest BCUT2D eigenvalue weighted by Crippen LogP contribution is -2.10. The minimum atomic E-state index is -0.919. The molecule has 14 heavy (non-hydrogen) atoms. The monoisotopic (exact) mass is 193 g/mol. The molecule has 0 bridgehead atoms. The van der Waals surface area contributed by atoms with Crippen LogP contribution in [0, 0.1) is 0 Å². The molecule has 0 saturated heterocycles. The first-order valence-electron chi connectivity index (χ1n) is 5.07. The van der Waals surface area contributed by atoms with Crippen LogP contribution >= 0.6 is 0 Å². The van der Waals surface area contributed by atoms with Gasteiger partial charge in [0.2, 0.25) is 0 Å². The van der Waals surface area contributed by atoms with Crippen molar-refractivity contribution in [1.29, 1.82) is 0 Å². The molecule has 0 radical (unpaired) electrons. The van der Waals surface area contributed by atoms with Crippen molar-refractivity contribution in [2.45, 2.75) is 33.4 Å². The summed E-state index contributed by atoms with van der Waals surface area (Å²) >= 11 is 0. The van der Waals surface area contributed by atoms with E-state index in [0.29, 0.717) is 12.1 Å². The Bertz CT molecular complexity index is 329. The van der Waals surface area contributed by atoms with E-state index in [2.05, 4.69) is 4.99 Å². The molecule has 1 heterocycles. The first-order chi connectivity index (χ1) is 6.77. The van der Waals surface area contributed by atoms with E-state index in [-0.39, 0.29) is 0 Å². The van der Waals surface area contributed by atoms with Gasteiger partial charge < -0.3 is 0 Å². The van der Waals surface area contributed by atoms with Crippen LogP contribution in [-0.4, -0.2) is 11.9 Å². The molecule has 1 aliphatic heterocycles.